The van der Waals surface area contributed by atoms with Gasteiger partial charge in [0.25, 0.3) is 0 Å². The number of carbonyl (C=O) groups excluding carboxylic acids is 1. The van der Waals surface area contributed by atoms with E-state index in [2.05, 4.69) is 32.7 Å². The summed E-state index contributed by atoms with van der Waals surface area (Å²) in [6.45, 7) is 7.88. The molecule has 0 radical (unpaired) electrons. The predicted molar refractivity (Wildman–Crippen MR) is 77.9 cm³/mol. The van der Waals surface area contributed by atoms with Gasteiger partial charge in [0.1, 0.15) is 0 Å². The van der Waals surface area contributed by atoms with E-state index in [9.17, 15) is 4.79 Å². The van der Waals surface area contributed by atoms with Crippen LogP contribution in [-0.2, 0) is 4.79 Å². The van der Waals surface area contributed by atoms with Crippen molar-refractivity contribution in [1.29, 1.82) is 0 Å². The lowest BCUT2D eigenvalue weighted by Crippen LogP contribution is -2.35. The molecule has 2 rings (SSSR count). The van der Waals surface area contributed by atoms with Gasteiger partial charge < -0.3 is 9.80 Å². The molecule has 0 N–H and O–H groups in total. The van der Waals surface area contributed by atoms with Crippen molar-refractivity contribution in [3.05, 3.63) is 0 Å². The van der Waals surface area contributed by atoms with Crippen LogP contribution in [0.5, 0.6) is 0 Å². The lowest BCUT2D eigenvalue weighted by molar-refractivity contribution is -0.127. The molecule has 4 heteroatoms. The topological polar surface area (TPSA) is 23.6 Å². The number of amides is 1. The Morgan fingerprint density at radius 2 is 2.00 bits per heavy atom. The Morgan fingerprint density at radius 3 is 2.56 bits per heavy atom. The number of rotatable bonds is 5. The fourth-order valence-electron chi connectivity index (χ4n) is 3.10. The molecule has 2 saturated heterocycles. The van der Waals surface area contributed by atoms with E-state index < -0.39 is 0 Å². The second kappa shape index (κ2) is 6.90. The van der Waals surface area contributed by atoms with E-state index in [0.717, 1.165) is 30.8 Å². The van der Waals surface area contributed by atoms with Crippen molar-refractivity contribution < 1.29 is 4.79 Å². The summed E-state index contributed by atoms with van der Waals surface area (Å²) in [7, 11) is 0. The Balaban J connectivity index is 1.68. The lowest BCUT2D eigenvalue weighted by atomic mass is 9.93. The van der Waals surface area contributed by atoms with E-state index >= 15 is 0 Å². The van der Waals surface area contributed by atoms with Crippen molar-refractivity contribution in [2.24, 2.45) is 11.8 Å². The van der Waals surface area contributed by atoms with E-state index in [4.69, 9.17) is 0 Å². The predicted octanol–water partition coefficient (Wildman–Crippen LogP) is 2.35. The first-order chi connectivity index (χ1) is 8.72. The van der Waals surface area contributed by atoms with E-state index in [1.54, 1.807) is 0 Å². The van der Waals surface area contributed by atoms with Gasteiger partial charge in [0.05, 0.1) is 0 Å². The summed E-state index contributed by atoms with van der Waals surface area (Å²) in [6, 6.07) is 0. The number of carbonyl (C=O) groups is 1. The van der Waals surface area contributed by atoms with Crippen LogP contribution in [0.25, 0.3) is 0 Å². The smallest absolute Gasteiger partial charge is 0.222 e. The second-order valence-corrected chi connectivity index (χ2v) is 6.38. The Kier molecular flexibility index (Phi) is 5.49. The number of likely N-dealkylation sites (tertiary alicyclic amines) is 2. The minimum Gasteiger partial charge on any atom is -0.342 e. The van der Waals surface area contributed by atoms with E-state index in [0.29, 0.717) is 11.8 Å². The summed E-state index contributed by atoms with van der Waals surface area (Å²) in [6.07, 6.45) is 4.59. The largest absolute Gasteiger partial charge is 0.342 e. The van der Waals surface area contributed by atoms with Gasteiger partial charge in [-0.25, -0.2) is 0 Å². The maximum absolute atomic E-state index is 11.8. The van der Waals surface area contributed by atoms with Gasteiger partial charge in [-0.2, -0.15) is 0 Å². The fraction of sp³-hybridized carbons (Fsp3) is 0.929. The molecule has 0 aliphatic carbocycles. The Hall–Kier alpha value is -0.0900. The third-order valence-electron chi connectivity index (χ3n) is 4.47. The lowest BCUT2D eigenvalue weighted by Gasteiger charge is -2.31. The molecule has 0 saturated carbocycles. The first-order valence-corrected chi connectivity index (χ1v) is 8.41. The summed E-state index contributed by atoms with van der Waals surface area (Å²) in [5, 5.41) is 0.962. The van der Waals surface area contributed by atoms with Gasteiger partial charge in [0.2, 0.25) is 5.91 Å². The SMILES string of the molecule is CCN1CCC(CCN2CC(CBr)CC2=O)CC1. The van der Waals surface area contributed by atoms with E-state index in [1.807, 2.05) is 0 Å². The maximum atomic E-state index is 11.8. The molecule has 0 aromatic rings. The number of hydrogen-bond acceptors (Lipinski definition) is 2. The van der Waals surface area contributed by atoms with Crippen LogP contribution < -0.4 is 0 Å². The number of piperidine rings is 1. The maximum Gasteiger partial charge on any atom is 0.222 e. The van der Waals surface area contributed by atoms with Gasteiger partial charge in [-0.15, -0.1) is 0 Å². The van der Waals surface area contributed by atoms with Crippen molar-refractivity contribution in [2.75, 3.05) is 38.1 Å². The molecule has 0 spiro atoms. The summed E-state index contributed by atoms with van der Waals surface area (Å²) in [4.78, 5) is 16.4. The fourth-order valence-corrected chi connectivity index (χ4v) is 3.54. The van der Waals surface area contributed by atoms with Gasteiger partial charge in [-0.05, 0) is 50.7 Å². The van der Waals surface area contributed by atoms with Crippen molar-refractivity contribution in [1.82, 2.24) is 9.80 Å². The molecule has 1 amide bonds. The number of halogens is 1. The highest BCUT2D eigenvalue weighted by molar-refractivity contribution is 9.09. The third kappa shape index (κ3) is 3.70. The monoisotopic (exact) mass is 316 g/mol. The van der Waals surface area contributed by atoms with E-state index in [-0.39, 0.29) is 0 Å². The average molecular weight is 317 g/mol. The number of alkyl halides is 1. The highest BCUT2D eigenvalue weighted by Gasteiger charge is 2.29. The van der Waals surface area contributed by atoms with Crippen LogP contribution in [0.15, 0.2) is 0 Å². The molecule has 2 aliphatic heterocycles. The Labute approximate surface area is 119 Å². The van der Waals surface area contributed by atoms with Gasteiger partial charge in [-0.3, -0.25) is 4.79 Å². The Bertz CT molecular complexity index is 277. The van der Waals surface area contributed by atoms with Crippen LogP contribution >= 0.6 is 15.9 Å². The van der Waals surface area contributed by atoms with E-state index in [1.165, 1.54) is 38.9 Å². The molecule has 0 aromatic heterocycles. The minimum absolute atomic E-state index is 0.366. The van der Waals surface area contributed by atoms with Crippen LogP contribution in [0.4, 0.5) is 0 Å². The van der Waals surface area contributed by atoms with Crippen LogP contribution in [-0.4, -0.2) is 53.8 Å². The first-order valence-electron chi connectivity index (χ1n) is 7.29. The molecule has 0 aromatic carbocycles. The van der Waals surface area contributed by atoms with Crippen molar-refractivity contribution in [2.45, 2.75) is 32.6 Å². The highest BCUT2D eigenvalue weighted by atomic mass is 79.9. The molecule has 18 heavy (non-hydrogen) atoms. The van der Waals surface area contributed by atoms with Crippen molar-refractivity contribution in [3.8, 4) is 0 Å². The van der Waals surface area contributed by atoms with Gasteiger partial charge >= 0.3 is 0 Å². The van der Waals surface area contributed by atoms with Crippen LogP contribution in [0.3, 0.4) is 0 Å². The summed E-state index contributed by atoms with van der Waals surface area (Å²) < 4.78 is 0. The summed E-state index contributed by atoms with van der Waals surface area (Å²) in [5.74, 6) is 1.74. The quantitative estimate of drug-likeness (QED) is 0.727. The Morgan fingerprint density at radius 1 is 1.28 bits per heavy atom. The highest BCUT2D eigenvalue weighted by Crippen LogP contribution is 2.24. The zero-order chi connectivity index (χ0) is 13.0. The normalized spacial score (nSPS) is 27.1. The van der Waals surface area contributed by atoms with Crippen LogP contribution in [0, 0.1) is 11.8 Å². The zero-order valence-corrected chi connectivity index (χ0v) is 13.0. The van der Waals surface area contributed by atoms with Crippen LogP contribution in [0.2, 0.25) is 0 Å². The molecule has 2 heterocycles. The molecule has 1 unspecified atom stereocenters. The van der Waals surface area contributed by atoms with Crippen LogP contribution in [0.1, 0.15) is 32.6 Å². The molecule has 3 nitrogen and oxygen atoms in total. The molecule has 2 aliphatic rings. The third-order valence-corrected chi connectivity index (χ3v) is 5.39. The van der Waals surface area contributed by atoms with Gasteiger partial charge in [0, 0.05) is 24.8 Å². The zero-order valence-electron chi connectivity index (χ0n) is 11.4. The van der Waals surface area contributed by atoms with Crippen molar-refractivity contribution >= 4 is 21.8 Å². The second-order valence-electron chi connectivity index (χ2n) is 5.73. The van der Waals surface area contributed by atoms with Crippen molar-refractivity contribution in [3.63, 3.8) is 0 Å². The molecule has 104 valence electrons. The molecular formula is C14H25BrN2O. The molecular weight excluding hydrogens is 292 g/mol. The molecule has 1 atom stereocenters. The summed E-state index contributed by atoms with van der Waals surface area (Å²) >= 11 is 3.49. The number of hydrogen-bond donors (Lipinski definition) is 0. The summed E-state index contributed by atoms with van der Waals surface area (Å²) in [5.41, 5.74) is 0. The molecule has 2 fully saturated rings. The minimum atomic E-state index is 0.366. The number of nitrogens with zero attached hydrogens (tertiary/aromatic N) is 2. The van der Waals surface area contributed by atoms with Gasteiger partial charge in [-0.1, -0.05) is 22.9 Å². The molecule has 0 bridgehead atoms. The average Bonchev–Trinajstić information content (AvgIpc) is 2.77. The first kappa shape index (κ1) is 14.3. The standard InChI is InChI=1S/C14H25BrN2O/c1-2-16-6-3-12(4-7-16)5-8-17-11-13(10-15)9-14(17)18/h12-13H,2-11H2,1H3. The van der Waals surface area contributed by atoms with Gasteiger partial charge in [0.15, 0.2) is 0 Å².